The van der Waals surface area contributed by atoms with E-state index < -0.39 is 6.10 Å². The third-order valence-electron chi connectivity index (χ3n) is 5.75. The van der Waals surface area contributed by atoms with Gasteiger partial charge in [-0.1, -0.05) is 30.3 Å². The van der Waals surface area contributed by atoms with Gasteiger partial charge in [0.05, 0.1) is 19.8 Å². The minimum absolute atomic E-state index is 0.339. The molecule has 0 saturated heterocycles. The number of aromatic nitrogens is 1. The number of hydrogen-bond donors (Lipinski definition) is 1. The van der Waals surface area contributed by atoms with Gasteiger partial charge in [0.25, 0.3) is 0 Å². The van der Waals surface area contributed by atoms with E-state index in [9.17, 15) is 4.79 Å². The first-order chi connectivity index (χ1) is 17.2. The third kappa shape index (κ3) is 6.64. The molecule has 1 aromatic heterocycles. The maximum Gasteiger partial charge on any atom is 0.335 e. The van der Waals surface area contributed by atoms with Crippen molar-refractivity contribution in [3.05, 3.63) is 84.6 Å². The minimum atomic E-state index is -0.601. The smallest absolute Gasteiger partial charge is 0.335 e. The van der Waals surface area contributed by atoms with Gasteiger partial charge >= 0.3 is 5.97 Å². The van der Waals surface area contributed by atoms with Crippen LogP contribution in [-0.4, -0.2) is 44.0 Å². The highest BCUT2D eigenvalue weighted by molar-refractivity contribution is 5.85. The summed E-state index contributed by atoms with van der Waals surface area (Å²) < 4.78 is 22.0. The van der Waals surface area contributed by atoms with E-state index in [2.05, 4.69) is 41.4 Å². The van der Waals surface area contributed by atoms with Gasteiger partial charge in [-0.15, -0.1) is 0 Å². The van der Waals surface area contributed by atoms with Crippen molar-refractivity contribution >= 4 is 16.9 Å². The molecule has 0 fully saturated rings. The summed E-state index contributed by atoms with van der Waals surface area (Å²) in [5.74, 6) is 1.28. The van der Waals surface area contributed by atoms with Crippen molar-refractivity contribution in [3.63, 3.8) is 0 Å². The summed E-state index contributed by atoms with van der Waals surface area (Å²) in [7, 11) is 1.51. The molecule has 0 aliphatic rings. The largest absolute Gasteiger partial charge is 0.493 e. The van der Waals surface area contributed by atoms with Gasteiger partial charge in [0.1, 0.15) is 11.5 Å². The minimum Gasteiger partial charge on any atom is -0.493 e. The van der Waals surface area contributed by atoms with Crippen molar-refractivity contribution in [1.82, 2.24) is 4.98 Å². The number of ether oxygens (including phenoxy) is 4. The van der Waals surface area contributed by atoms with E-state index in [1.54, 1.807) is 6.92 Å². The maximum atomic E-state index is 11.9. The van der Waals surface area contributed by atoms with Crippen LogP contribution in [-0.2, 0) is 20.7 Å². The molecular weight excluding hydrogens is 442 g/mol. The van der Waals surface area contributed by atoms with Crippen molar-refractivity contribution in [1.29, 1.82) is 0 Å². The molecule has 0 bridgehead atoms. The Morgan fingerprint density at radius 1 is 0.857 bits per heavy atom. The fraction of sp³-hybridized carbons (Fsp3) is 0.276. The number of carbonyl (C=O) groups is 1. The molecule has 3 aromatic carbocycles. The van der Waals surface area contributed by atoms with E-state index >= 15 is 0 Å². The molecular formula is C29H31NO5. The predicted molar refractivity (Wildman–Crippen MR) is 137 cm³/mol. The van der Waals surface area contributed by atoms with Crippen LogP contribution in [0.4, 0.5) is 0 Å². The number of benzene rings is 3. The Kier molecular flexibility index (Phi) is 8.41. The third-order valence-corrected chi connectivity index (χ3v) is 5.75. The molecule has 0 aliphatic heterocycles. The fourth-order valence-corrected chi connectivity index (χ4v) is 3.85. The number of H-pyrrole nitrogens is 1. The molecule has 0 radical (unpaired) electrons. The zero-order valence-corrected chi connectivity index (χ0v) is 20.2. The highest BCUT2D eigenvalue weighted by Gasteiger charge is 2.19. The second-order valence-electron chi connectivity index (χ2n) is 8.18. The Bertz CT molecular complexity index is 1210. The Hall–Kier alpha value is -3.77. The lowest BCUT2D eigenvalue weighted by Gasteiger charge is -2.14. The summed E-state index contributed by atoms with van der Waals surface area (Å²) in [6.45, 7) is 3.25. The maximum absolute atomic E-state index is 11.9. The average Bonchev–Trinajstić information content (AvgIpc) is 3.36. The van der Waals surface area contributed by atoms with Gasteiger partial charge < -0.3 is 23.9 Å². The Morgan fingerprint density at radius 3 is 2.17 bits per heavy atom. The van der Waals surface area contributed by atoms with Crippen molar-refractivity contribution in [2.45, 2.75) is 25.9 Å². The molecule has 0 saturated carbocycles. The van der Waals surface area contributed by atoms with E-state index in [1.165, 1.54) is 18.1 Å². The number of aromatic amines is 1. The van der Waals surface area contributed by atoms with Crippen LogP contribution in [0.2, 0.25) is 0 Å². The first kappa shape index (κ1) is 24.4. The van der Waals surface area contributed by atoms with Gasteiger partial charge in [0, 0.05) is 31.7 Å². The van der Waals surface area contributed by atoms with Crippen molar-refractivity contribution in [3.8, 4) is 22.6 Å². The summed E-state index contributed by atoms with van der Waals surface area (Å²) in [5, 5.41) is 1.20. The van der Waals surface area contributed by atoms with Gasteiger partial charge in [-0.3, -0.25) is 0 Å². The monoisotopic (exact) mass is 473 g/mol. The highest BCUT2D eigenvalue weighted by atomic mass is 16.6. The Labute approximate surface area is 205 Å². The lowest BCUT2D eigenvalue weighted by atomic mass is 10.0. The lowest BCUT2D eigenvalue weighted by molar-refractivity contribution is -0.154. The van der Waals surface area contributed by atoms with Crippen LogP contribution in [0.3, 0.4) is 0 Å². The first-order valence-corrected chi connectivity index (χ1v) is 11.9. The van der Waals surface area contributed by atoms with E-state index in [-0.39, 0.29) is 5.97 Å². The molecule has 0 spiro atoms. The molecule has 35 heavy (non-hydrogen) atoms. The summed E-state index contributed by atoms with van der Waals surface area (Å²) in [4.78, 5) is 15.1. The second kappa shape index (κ2) is 12.1. The molecule has 6 heteroatoms. The number of esters is 1. The van der Waals surface area contributed by atoms with Crippen LogP contribution >= 0.6 is 0 Å². The van der Waals surface area contributed by atoms with Crippen molar-refractivity contribution in [2.24, 2.45) is 0 Å². The summed E-state index contributed by atoms with van der Waals surface area (Å²) in [6, 6.07) is 24.3. The van der Waals surface area contributed by atoms with Crippen LogP contribution in [0.1, 0.15) is 18.9 Å². The van der Waals surface area contributed by atoms with Crippen LogP contribution in [0.25, 0.3) is 22.0 Å². The molecule has 182 valence electrons. The molecule has 1 atom stereocenters. The lowest BCUT2D eigenvalue weighted by Crippen LogP contribution is -2.27. The average molecular weight is 474 g/mol. The van der Waals surface area contributed by atoms with E-state index in [0.717, 1.165) is 34.6 Å². The number of nitrogens with one attached hydrogen (secondary N) is 1. The molecule has 6 nitrogen and oxygen atoms in total. The molecule has 4 rings (SSSR count). The van der Waals surface area contributed by atoms with E-state index in [4.69, 9.17) is 18.9 Å². The second-order valence-corrected chi connectivity index (χ2v) is 8.18. The SMILES string of the molecule is CCOC(=O)C(Cc1ccc(OCCCOc2ccc(-c3ccc4[nH]ccc4c3)cc2)cc1)OC. The van der Waals surface area contributed by atoms with Gasteiger partial charge in [-0.25, -0.2) is 4.79 Å². The highest BCUT2D eigenvalue weighted by Crippen LogP contribution is 2.26. The van der Waals surface area contributed by atoms with Crippen LogP contribution in [0.5, 0.6) is 11.5 Å². The van der Waals surface area contributed by atoms with Gasteiger partial charge in [-0.2, -0.15) is 0 Å². The van der Waals surface area contributed by atoms with Gasteiger partial charge in [-0.05, 0) is 71.5 Å². The van der Waals surface area contributed by atoms with Crippen LogP contribution in [0, 0.1) is 0 Å². The zero-order valence-electron chi connectivity index (χ0n) is 20.2. The van der Waals surface area contributed by atoms with E-state index in [1.807, 2.05) is 42.6 Å². The quantitative estimate of drug-likeness (QED) is 0.208. The fourth-order valence-electron chi connectivity index (χ4n) is 3.85. The Balaban J connectivity index is 1.18. The number of hydrogen-bond acceptors (Lipinski definition) is 5. The van der Waals surface area contributed by atoms with Crippen LogP contribution < -0.4 is 9.47 Å². The Morgan fingerprint density at radius 2 is 1.51 bits per heavy atom. The van der Waals surface area contributed by atoms with Gasteiger partial charge in [0.2, 0.25) is 0 Å². The normalized spacial score (nSPS) is 11.8. The topological polar surface area (TPSA) is 69.8 Å². The molecule has 4 aromatic rings. The standard InChI is InChI=1S/C29H31NO5/c1-3-33-29(31)28(32-2)19-21-5-10-25(11-6-21)34-17-4-18-35-26-12-7-22(8-13-26)23-9-14-27-24(20-23)15-16-30-27/h5-16,20,28,30H,3-4,17-19H2,1-2H3. The number of fused-ring (bicyclic) bond motifs is 1. The molecule has 0 aliphatic carbocycles. The molecule has 1 heterocycles. The van der Waals surface area contributed by atoms with E-state index in [0.29, 0.717) is 26.2 Å². The first-order valence-electron chi connectivity index (χ1n) is 11.9. The number of methoxy groups -OCH3 is 1. The van der Waals surface area contributed by atoms with Gasteiger partial charge in [0.15, 0.2) is 6.10 Å². The summed E-state index contributed by atoms with van der Waals surface area (Å²) in [5.41, 5.74) is 4.46. The van der Waals surface area contributed by atoms with Crippen molar-refractivity contribution in [2.75, 3.05) is 26.9 Å². The summed E-state index contributed by atoms with van der Waals surface area (Å²) >= 11 is 0. The molecule has 1 N–H and O–H groups in total. The number of rotatable bonds is 12. The molecule has 1 unspecified atom stereocenters. The van der Waals surface area contributed by atoms with Crippen LogP contribution in [0.15, 0.2) is 79.0 Å². The zero-order chi connectivity index (χ0) is 24.5. The van der Waals surface area contributed by atoms with Crippen molar-refractivity contribution < 1.29 is 23.7 Å². The molecule has 0 amide bonds. The predicted octanol–water partition coefficient (Wildman–Crippen LogP) is 5.80. The number of carbonyl (C=O) groups excluding carboxylic acids is 1. The summed E-state index contributed by atoms with van der Waals surface area (Å²) in [6.07, 6.45) is 2.58.